The fraction of sp³-hybridized carbons (Fsp3) is 0.517. The minimum absolute atomic E-state index is 0.229. The van der Waals surface area contributed by atoms with E-state index in [-0.39, 0.29) is 11.4 Å². The zero-order valence-corrected chi connectivity index (χ0v) is 21.5. The van der Waals surface area contributed by atoms with Crippen LogP contribution in [0.2, 0.25) is 0 Å². The van der Waals surface area contributed by atoms with Crippen molar-refractivity contribution in [1.29, 1.82) is 0 Å². The van der Waals surface area contributed by atoms with E-state index in [9.17, 15) is 14.3 Å². The lowest BCUT2D eigenvalue weighted by atomic mass is 9.80. The highest BCUT2D eigenvalue weighted by Gasteiger charge is 2.51. The maximum atomic E-state index is 13.5. The quantitative estimate of drug-likeness (QED) is 0.602. The van der Waals surface area contributed by atoms with Crippen LogP contribution in [0.3, 0.4) is 0 Å². The molecule has 196 valence electrons. The number of benzene rings is 2. The van der Waals surface area contributed by atoms with Gasteiger partial charge in [-0.1, -0.05) is 17.3 Å². The van der Waals surface area contributed by atoms with Crippen LogP contribution >= 0.6 is 0 Å². The number of amidine groups is 1. The van der Waals surface area contributed by atoms with E-state index in [1.807, 2.05) is 19.1 Å². The highest BCUT2D eigenvalue weighted by atomic mass is 19.1. The Balaban J connectivity index is 1.11. The Bertz CT molecular complexity index is 1230. The number of nitrogens with zero attached hydrogens (tertiary/aromatic N) is 3. The zero-order valence-electron chi connectivity index (χ0n) is 21.5. The number of aliphatic carboxylic acids is 1. The van der Waals surface area contributed by atoms with E-state index in [2.05, 4.69) is 27.1 Å². The first kappa shape index (κ1) is 24.2. The summed E-state index contributed by atoms with van der Waals surface area (Å²) in [4.78, 5) is 22.1. The third-order valence-corrected chi connectivity index (χ3v) is 8.62. The number of carboxylic acids is 1. The minimum Gasteiger partial charge on any atom is -0.496 e. The van der Waals surface area contributed by atoms with Crippen LogP contribution in [0, 0.1) is 11.2 Å². The van der Waals surface area contributed by atoms with Gasteiger partial charge in [-0.25, -0.2) is 4.39 Å². The van der Waals surface area contributed by atoms with Gasteiger partial charge in [-0.2, -0.15) is 0 Å². The number of rotatable bonds is 6. The lowest BCUT2D eigenvalue weighted by Crippen LogP contribution is -2.61. The van der Waals surface area contributed by atoms with Crippen molar-refractivity contribution in [1.82, 2.24) is 9.80 Å². The monoisotopic (exact) mass is 507 g/mol. The van der Waals surface area contributed by atoms with E-state index >= 15 is 0 Å². The smallest absolute Gasteiger partial charge is 0.309 e. The largest absolute Gasteiger partial charge is 0.496 e. The van der Waals surface area contributed by atoms with Crippen molar-refractivity contribution in [3.05, 3.63) is 53.3 Å². The second kappa shape index (κ2) is 9.01. The molecule has 3 heterocycles. The fourth-order valence-electron chi connectivity index (χ4n) is 6.00. The van der Waals surface area contributed by atoms with Crippen molar-refractivity contribution in [2.45, 2.75) is 57.1 Å². The summed E-state index contributed by atoms with van der Waals surface area (Å²) in [5.41, 5.74) is 3.68. The first-order valence-electron chi connectivity index (χ1n) is 13.2. The summed E-state index contributed by atoms with van der Waals surface area (Å²) in [5.74, 6) is 1.41. The molecule has 2 saturated heterocycles. The normalized spacial score (nSPS) is 22.4. The van der Waals surface area contributed by atoms with Crippen LogP contribution in [-0.2, 0) is 16.2 Å². The van der Waals surface area contributed by atoms with Gasteiger partial charge in [-0.15, -0.1) is 0 Å². The van der Waals surface area contributed by atoms with Crippen molar-refractivity contribution in [3.8, 4) is 16.9 Å². The Morgan fingerprint density at radius 3 is 2.51 bits per heavy atom. The molecular weight excluding hydrogens is 473 g/mol. The number of piperidine rings is 1. The molecule has 1 saturated carbocycles. The predicted molar refractivity (Wildman–Crippen MR) is 138 cm³/mol. The van der Waals surface area contributed by atoms with Gasteiger partial charge in [0.15, 0.2) is 5.60 Å². The highest BCUT2D eigenvalue weighted by molar-refractivity contribution is 5.85. The molecule has 0 atom stereocenters. The van der Waals surface area contributed by atoms with Crippen molar-refractivity contribution in [3.63, 3.8) is 0 Å². The predicted octanol–water partition coefficient (Wildman–Crippen LogP) is 4.85. The number of hydrogen-bond donors (Lipinski definition) is 1. The molecule has 2 aromatic rings. The molecule has 8 heteroatoms. The molecule has 1 aliphatic carbocycles. The molecule has 0 radical (unpaired) electrons. The van der Waals surface area contributed by atoms with Crippen LogP contribution in [0.4, 0.5) is 4.39 Å². The molecule has 0 aromatic heterocycles. The van der Waals surface area contributed by atoms with Gasteiger partial charge in [0.1, 0.15) is 17.4 Å². The first-order valence-corrected chi connectivity index (χ1v) is 13.2. The average Bonchev–Trinajstić information content (AvgIpc) is 3.63. The summed E-state index contributed by atoms with van der Waals surface area (Å²) in [6.45, 7) is 5.59. The Hall–Kier alpha value is -3.13. The number of oxime groups is 1. The summed E-state index contributed by atoms with van der Waals surface area (Å²) < 4.78 is 19.3. The number of ether oxygens (including phenoxy) is 1. The summed E-state index contributed by atoms with van der Waals surface area (Å²) >= 11 is 0. The molecule has 4 aliphatic rings. The van der Waals surface area contributed by atoms with E-state index in [1.54, 1.807) is 7.11 Å². The summed E-state index contributed by atoms with van der Waals surface area (Å²) in [5, 5.41) is 13.9. The van der Waals surface area contributed by atoms with Crippen LogP contribution in [0.25, 0.3) is 11.1 Å². The van der Waals surface area contributed by atoms with Crippen LogP contribution < -0.4 is 4.74 Å². The molecule has 1 N–H and O–H groups in total. The van der Waals surface area contributed by atoms with Gasteiger partial charge in [0, 0.05) is 38.3 Å². The molecule has 0 amide bonds. The van der Waals surface area contributed by atoms with E-state index in [4.69, 9.17) is 9.57 Å². The van der Waals surface area contributed by atoms with Gasteiger partial charge in [0.05, 0.1) is 18.9 Å². The number of carboxylic acid groups (broad SMARTS) is 1. The summed E-state index contributed by atoms with van der Waals surface area (Å²) in [6.07, 6.45) is 4.38. The number of likely N-dealkylation sites (tertiary alicyclic amines) is 2. The van der Waals surface area contributed by atoms with Crippen LogP contribution in [0.15, 0.2) is 41.6 Å². The molecule has 0 bridgehead atoms. The van der Waals surface area contributed by atoms with E-state index in [0.717, 1.165) is 54.3 Å². The van der Waals surface area contributed by atoms with Gasteiger partial charge < -0.3 is 19.6 Å². The number of methoxy groups -OCH3 is 1. The SMILES string of the molecule is COc1cc(-c2ccc(F)cc2)c(C2CC2)cc1CN1CC2(CC(N3CCC(C)(C(=O)O)CC3)=NO2)C1. The molecule has 0 unspecified atom stereocenters. The summed E-state index contributed by atoms with van der Waals surface area (Å²) in [7, 11) is 1.70. The van der Waals surface area contributed by atoms with Crippen LogP contribution in [-0.4, -0.2) is 65.6 Å². The van der Waals surface area contributed by atoms with E-state index < -0.39 is 11.4 Å². The van der Waals surface area contributed by atoms with Gasteiger partial charge >= 0.3 is 5.97 Å². The molecule has 7 nitrogen and oxygen atoms in total. The highest BCUT2D eigenvalue weighted by Crippen LogP contribution is 2.47. The van der Waals surface area contributed by atoms with E-state index in [0.29, 0.717) is 31.8 Å². The zero-order chi connectivity index (χ0) is 25.8. The topological polar surface area (TPSA) is 74.6 Å². The van der Waals surface area contributed by atoms with Gasteiger partial charge in [-0.3, -0.25) is 9.69 Å². The fourth-order valence-corrected chi connectivity index (χ4v) is 6.00. The third-order valence-electron chi connectivity index (χ3n) is 8.62. The molecule has 3 aliphatic heterocycles. The molecule has 6 rings (SSSR count). The van der Waals surface area contributed by atoms with Crippen molar-refractivity contribution < 1.29 is 23.9 Å². The van der Waals surface area contributed by atoms with Gasteiger partial charge in [0.2, 0.25) is 0 Å². The first-order chi connectivity index (χ1) is 17.8. The molecule has 3 fully saturated rings. The standard InChI is InChI=1S/C29H34FN3O4/c1-28(27(34)35)9-11-33(12-10-28)26-15-29(37-31-26)17-32(18-29)16-21-13-23(19-3-4-19)24(14-25(21)36-2)20-5-7-22(30)8-6-20/h5-8,13-14,19H,3-4,9-12,15-18H2,1-2H3,(H,34,35). The maximum Gasteiger partial charge on any atom is 0.309 e. The Labute approximate surface area is 216 Å². The Kier molecular flexibility index (Phi) is 5.90. The van der Waals surface area contributed by atoms with Gasteiger partial charge in [-0.05, 0) is 79.5 Å². The maximum absolute atomic E-state index is 13.5. The van der Waals surface area contributed by atoms with Crippen LogP contribution in [0.5, 0.6) is 5.75 Å². The number of hydrogen-bond acceptors (Lipinski definition) is 6. The minimum atomic E-state index is -0.714. The number of carbonyl (C=O) groups is 1. The van der Waals surface area contributed by atoms with Crippen molar-refractivity contribution >= 4 is 11.8 Å². The van der Waals surface area contributed by atoms with Gasteiger partial charge in [0.25, 0.3) is 0 Å². The van der Waals surface area contributed by atoms with Crippen LogP contribution in [0.1, 0.15) is 56.1 Å². The van der Waals surface area contributed by atoms with Crippen molar-refractivity contribution in [2.75, 3.05) is 33.3 Å². The van der Waals surface area contributed by atoms with E-state index in [1.165, 1.54) is 30.5 Å². The number of halogens is 1. The molecule has 2 aromatic carbocycles. The third kappa shape index (κ3) is 4.56. The average molecular weight is 508 g/mol. The molecule has 1 spiro atoms. The second-order valence-corrected chi connectivity index (χ2v) is 11.5. The van der Waals surface area contributed by atoms with Crippen molar-refractivity contribution in [2.24, 2.45) is 10.6 Å². The lowest BCUT2D eigenvalue weighted by Gasteiger charge is -2.46. The Morgan fingerprint density at radius 2 is 1.89 bits per heavy atom. The molecule has 37 heavy (non-hydrogen) atoms. The molecular formula is C29H34FN3O4. The lowest BCUT2D eigenvalue weighted by molar-refractivity contribution is -0.150. The summed E-state index contributed by atoms with van der Waals surface area (Å²) in [6, 6.07) is 11.1. The second-order valence-electron chi connectivity index (χ2n) is 11.5. The Morgan fingerprint density at radius 1 is 1.19 bits per heavy atom.